The number of allylic oxidation sites excluding steroid dienone is 1. The van der Waals surface area contributed by atoms with Gasteiger partial charge in [0.25, 0.3) is 5.69 Å². The second-order valence-electron chi connectivity index (χ2n) is 5.04. The summed E-state index contributed by atoms with van der Waals surface area (Å²) in [7, 11) is 0. The highest BCUT2D eigenvalue weighted by Crippen LogP contribution is 2.25. The summed E-state index contributed by atoms with van der Waals surface area (Å²) in [5.74, 6) is 2.51. The van der Waals surface area contributed by atoms with E-state index in [4.69, 9.17) is 11.2 Å². The van der Waals surface area contributed by atoms with Gasteiger partial charge in [-0.3, -0.25) is 14.9 Å². The van der Waals surface area contributed by atoms with Gasteiger partial charge in [0.1, 0.15) is 12.4 Å². The fraction of sp³-hybridized carbons (Fsp3) is 0.105. The van der Waals surface area contributed by atoms with E-state index in [1.165, 1.54) is 30.4 Å². The number of benzene rings is 2. The Kier molecular flexibility index (Phi) is 5.48. The minimum Gasteiger partial charge on any atom is -0.480 e. The van der Waals surface area contributed by atoms with Crippen molar-refractivity contribution in [3.8, 4) is 18.1 Å². The quantitative estimate of drug-likeness (QED) is 0.267. The number of nitro benzene ring substituents is 1. The number of rotatable bonds is 6. The summed E-state index contributed by atoms with van der Waals surface area (Å²) in [6, 6.07) is 11.3. The number of hydrogen-bond acceptors (Lipinski definition) is 4. The van der Waals surface area contributed by atoms with E-state index in [-0.39, 0.29) is 18.1 Å². The highest BCUT2D eigenvalue weighted by Gasteiger charge is 2.10. The topological polar surface area (TPSA) is 69.4 Å². The summed E-state index contributed by atoms with van der Waals surface area (Å²) in [6.45, 7) is 1.97. The molecule has 0 radical (unpaired) electrons. The molecule has 0 saturated carbocycles. The Morgan fingerprint density at radius 3 is 2.62 bits per heavy atom. The average molecular weight is 321 g/mol. The van der Waals surface area contributed by atoms with E-state index in [9.17, 15) is 14.9 Å². The van der Waals surface area contributed by atoms with E-state index >= 15 is 0 Å². The maximum absolute atomic E-state index is 12.2. The molecule has 0 bridgehead atoms. The number of terminal acetylenes is 1. The van der Waals surface area contributed by atoms with Crippen LogP contribution in [-0.4, -0.2) is 17.3 Å². The molecule has 0 aliphatic rings. The fourth-order valence-corrected chi connectivity index (χ4v) is 2.01. The molecule has 24 heavy (non-hydrogen) atoms. The van der Waals surface area contributed by atoms with Crippen molar-refractivity contribution in [2.24, 2.45) is 0 Å². The molecule has 5 heteroatoms. The largest absolute Gasteiger partial charge is 0.480 e. The van der Waals surface area contributed by atoms with Crippen LogP contribution in [0.2, 0.25) is 0 Å². The normalized spacial score (nSPS) is 10.3. The third kappa shape index (κ3) is 4.31. The minimum absolute atomic E-state index is 0.0323. The molecule has 0 aliphatic heterocycles. The van der Waals surface area contributed by atoms with Gasteiger partial charge in [-0.05, 0) is 25.1 Å². The molecule has 0 amide bonds. The molecular weight excluding hydrogens is 306 g/mol. The smallest absolute Gasteiger partial charge is 0.270 e. The lowest BCUT2D eigenvalue weighted by Gasteiger charge is -2.06. The van der Waals surface area contributed by atoms with E-state index < -0.39 is 4.92 Å². The van der Waals surface area contributed by atoms with Crippen LogP contribution in [-0.2, 0) is 0 Å². The summed E-state index contributed by atoms with van der Waals surface area (Å²) < 4.78 is 5.35. The first-order chi connectivity index (χ1) is 11.5. The van der Waals surface area contributed by atoms with Crippen LogP contribution in [0.15, 0.2) is 48.5 Å². The third-order valence-electron chi connectivity index (χ3n) is 3.27. The van der Waals surface area contributed by atoms with Gasteiger partial charge < -0.3 is 4.74 Å². The van der Waals surface area contributed by atoms with Crippen LogP contribution in [0.25, 0.3) is 6.08 Å². The molecule has 5 nitrogen and oxygen atoms in total. The van der Waals surface area contributed by atoms with Crippen molar-refractivity contribution in [3.05, 3.63) is 75.3 Å². The fourth-order valence-electron chi connectivity index (χ4n) is 2.01. The first-order valence-electron chi connectivity index (χ1n) is 7.15. The van der Waals surface area contributed by atoms with Gasteiger partial charge in [-0.25, -0.2) is 0 Å². The van der Waals surface area contributed by atoms with Crippen LogP contribution in [0.3, 0.4) is 0 Å². The van der Waals surface area contributed by atoms with Gasteiger partial charge in [-0.1, -0.05) is 35.7 Å². The second-order valence-corrected chi connectivity index (χ2v) is 5.04. The lowest BCUT2D eigenvalue weighted by atomic mass is 10.1. The lowest BCUT2D eigenvalue weighted by Crippen LogP contribution is -1.98. The van der Waals surface area contributed by atoms with E-state index in [0.717, 1.165) is 5.56 Å². The molecule has 0 saturated heterocycles. The molecule has 0 unspecified atom stereocenters. The van der Waals surface area contributed by atoms with Gasteiger partial charge >= 0.3 is 0 Å². The lowest BCUT2D eigenvalue weighted by molar-refractivity contribution is -0.384. The highest BCUT2D eigenvalue weighted by atomic mass is 16.6. The zero-order chi connectivity index (χ0) is 17.5. The summed E-state index contributed by atoms with van der Waals surface area (Å²) in [5, 5.41) is 10.9. The molecule has 0 N–H and O–H groups in total. The van der Waals surface area contributed by atoms with Gasteiger partial charge in [-0.2, -0.15) is 0 Å². The summed E-state index contributed by atoms with van der Waals surface area (Å²) in [6.07, 6.45) is 8.00. The predicted octanol–water partition coefficient (Wildman–Crippen LogP) is 3.81. The Hall–Kier alpha value is -3.39. The number of carbonyl (C=O) groups excluding carboxylic acids is 1. The van der Waals surface area contributed by atoms with Crippen molar-refractivity contribution in [2.45, 2.75) is 6.92 Å². The maximum atomic E-state index is 12.2. The molecule has 0 heterocycles. The Morgan fingerprint density at radius 2 is 2.00 bits per heavy atom. The molecule has 2 aromatic carbocycles. The van der Waals surface area contributed by atoms with Crippen LogP contribution in [0, 0.1) is 29.4 Å². The second kappa shape index (κ2) is 7.75. The van der Waals surface area contributed by atoms with E-state index in [1.54, 1.807) is 12.1 Å². The van der Waals surface area contributed by atoms with E-state index in [0.29, 0.717) is 16.9 Å². The summed E-state index contributed by atoms with van der Waals surface area (Å²) >= 11 is 0. The first-order valence-corrected chi connectivity index (χ1v) is 7.15. The van der Waals surface area contributed by atoms with Crippen molar-refractivity contribution in [2.75, 3.05) is 6.61 Å². The first kappa shape index (κ1) is 17.0. The standard InChI is InChI=1S/C19H15NO4/c1-3-12-24-19-11-9-17(20(22)23)13-16(19)8-10-18(21)15-6-4-14(2)5-7-15/h1,4-11,13H,12H2,2H3/b10-8+. The van der Waals surface area contributed by atoms with Crippen molar-refractivity contribution in [1.82, 2.24) is 0 Å². The number of ketones is 1. The summed E-state index contributed by atoms with van der Waals surface area (Å²) in [5.41, 5.74) is 1.91. The number of hydrogen-bond donors (Lipinski definition) is 0. The molecule has 120 valence electrons. The highest BCUT2D eigenvalue weighted by molar-refractivity contribution is 6.07. The van der Waals surface area contributed by atoms with E-state index in [1.807, 2.05) is 19.1 Å². The summed E-state index contributed by atoms with van der Waals surface area (Å²) in [4.78, 5) is 22.6. The van der Waals surface area contributed by atoms with Crippen LogP contribution in [0.5, 0.6) is 5.75 Å². The number of aryl methyl sites for hydroxylation is 1. The van der Waals surface area contributed by atoms with Crippen molar-refractivity contribution < 1.29 is 14.5 Å². The maximum Gasteiger partial charge on any atom is 0.270 e. The zero-order valence-electron chi connectivity index (χ0n) is 13.1. The molecule has 0 aromatic heterocycles. The number of carbonyl (C=O) groups is 1. The van der Waals surface area contributed by atoms with Crippen LogP contribution in [0.1, 0.15) is 21.5 Å². The zero-order valence-corrected chi connectivity index (χ0v) is 13.1. The Labute approximate surface area is 139 Å². The SMILES string of the molecule is C#CCOc1ccc([N+](=O)[O-])cc1/C=C/C(=O)c1ccc(C)cc1. The Bertz CT molecular complexity index is 829. The van der Waals surface area contributed by atoms with Gasteiger partial charge in [0.05, 0.1) is 4.92 Å². The van der Waals surface area contributed by atoms with Gasteiger partial charge in [-0.15, -0.1) is 6.42 Å². The molecule has 0 atom stereocenters. The monoisotopic (exact) mass is 321 g/mol. The number of nitro groups is 1. The van der Waals surface area contributed by atoms with Gasteiger partial charge in [0.2, 0.25) is 0 Å². The number of nitrogens with zero attached hydrogens (tertiary/aromatic N) is 1. The van der Waals surface area contributed by atoms with Crippen LogP contribution in [0.4, 0.5) is 5.69 Å². The third-order valence-corrected chi connectivity index (χ3v) is 3.27. The number of non-ortho nitro benzene ring substituents is 1. The van der Waals surface area contributed by atoms with Crippen molar-refractivity contribution in [1.29, 1.82) is 0 Å². The van der Waals surface area contributed by atoms with Crippen molar-refractivity contribution in [3.63, 3.8) is 0 Å². The Balaban J connectivity index is 2.29. The molecule has 2 rings (SSSR count). The molecule has 2 aromatic rings. The molecular formula is C19H15NO4. The minimum atomic E-state index is -0.510. The molecule has 0 fully saturated rings. The van der Waals surface area contributed by atoms with Gasteiger partial charge in [0, 0.05) is 23.3 Å². The Morgan fingerprint density at radius 1 is 1.29 bits per heavy atom. The van der Waals surface area contributed by atoms with Gasteiger partial charge in [0.15, 0.2) is 5.78 Å². The van der Waals surface area contributed by atoms with Crippen LogP contribution >= 0.6 is 0 Å². The average Bonchev–Trinajstić information content (AvgIpc) is 2.58. The molecule has 0 spiro atoms. The molecule has 0 aliphatic carbocycles. The van der Waals surface area contributed by atoms with Crippen LogP contribution < -0.4 is 4.74 Å². The van der Waals surface area contributed by atoms with E-state index in [2.05, 4.69) is 5.92 Å². The number of ether oxygens (including phenoxy) is 1. The predicted molar refractivity (Wildman–Crippen MR) is 92.0 cm³/mol. The van der Waals surface area contributed by atoms with Crippen molar-refractivity contribution >= 4 is 17.5 Å².